The van der Waals surface area contributed by atoms with E-state index < -0.39 is 36.1 Å². The number of esters is 4. The van der Waals surface area contributed by atoms with E-state index in [-0.39, 0.29) is 35.2 Å². The van der Waals surface area contributed by atoms with Crippen LogP contribution in [0.4, 0.5) is 0 Å². The largest absolute Gasteiger partial charge is 0.508 e. The molecule has 0 saturated carbocycles. The molecule has 1 heterocycles. The zero-order valence-electron chi connectivity index (χ0n) is 18.4. The fourth-order valence-electron chi connectivity index (χ4n) is 3.45. The van der Waals surface area contributed by atoms with Crippen molar-refractivity contribution in [1.29, 1.82) is 0 Å². The summed E-state index contributed by atoms with van der Waals surface area (Å²) in [7, 11) is 0. The van der Waals surface area contributed by atoms with Gasteiger partial charge in [0, 0.05) is 57.4 Å². The second-order valence-corrected chi connectivity index (χ2v) is 7.30. The molecule has 0 aromatic heterocycles. The quantitative estimate of drug-likeness (QED) is 0.526. The number of fused-ring (bicyclic) bond motifs is 1. The lowest BCUT2D eigenvalue weighted by Crippen LogP contribution is -2.34. The van der Waals surface area contributed by atoms with Crippen molar-refractivity contribution in [3.05, 3.63) is 41.5 Å². The molecule has 0 radical (unpaired) electrons. The van der Waals surface area contributed by atoms with Gasteiger partial charge in [-0.1, -0.05) is 6.07 Å². The van der Waals surface area contributed by atoms with Crippen LogP contribution < -0.4 is 18.9 Å². The fraction of sp³-hybridized carbons (Fsp3) is 0.304. The molecular weight excluding hydrogens is 436 g/mol. The van der Waals surface area contributed by atoms with E-state index in [1.165, 1.54) is 52.0 Å². The lowest BCUT2D eigenvalue weighted by molar-refractivity contribution is -0.152. The molecule has 10 heteroatoms. The Bertz CT molecular complexity index is 1120. The van der Waals surface area contributed by atoms with Gasteiger partial charge in [0.2, 0.25) is 0 Å². The highest BCUT2D eigenvalue weighted by Gasteiger charge is 2.36. The monoisotopic (exact) mass is 458 g/mol. The summed E-state index contributed by atoms with van der Waals surface area (Å²) in [5.74, 6) is -2.30. The van der Waals surface area contributed by atoms with Crippen molar-refractivity contribution in [2.45, 2.75) is 46.3 Å². The van der Waals surface area contributed by atoms with Crippen LogP contribution in [-0.4, -0.2) is 35.1 Å². The van der Waals surface area contributed by atoms with Gasteiger partial charge >= 0.3 is 23.9 Å². The number of ether oxygens (including phenoxy) is 5. The number of rotatable bonds is 5. The molecule has 1 aliphatic heterocycles. The molecule has 0 fully saturated rings. The van der Waals surface area contributed by atoms with Crippen LogP contribution >= 0.6 is 0 Å². The van der Waals surface area contributed by atoms with E-state index in [4.69, 9.17) is 23.7 Å². The highest BCUT2D eigenvalue weighted by molar-refractivity contribution is 5.74. The third-order valence-electron chi connectivity index (χ3n) is 4.52. The zero-order chi connectivity index (χ0) is 24.3. The van der Waals surface area contributed by atoms with Gasteiger partial charge in [0.1, 0.15) is 23.4 Å². The van der Waals surface area contributed by atoms with Crippen LogP contribution in [0, 0.1) is 0 Å². The summed E-state index contributed by atoms with van der Waals surface area (Å²) >= 11 is 0. The first-order valence-corrected chi connectivity index (χ1v) is 9.92. The minimum absolute atomic E-state index is 0.0245. The fourth-order valence-corrected chi connectivity index (χ4v) is 3.45. The van der Waals surface area contributed by atoms with Crippen LogP contribution in [0.1, 0.15) is 44.9 Å². The summed E-state index contributed by atoms with van der Waals surface area (Å²) in [6.07, 6.45) is -1.62. The molecule has 2 aromatic rings. The normalized spacial score (nSPS) is 16.6. The van der Waals surface area contributed by atoms with Gasteiger partial charge in [0.25, 0.3) is 0 Å². The number of hydrogen-bond donors (Lipinski definition) is 1. The smallest absolute Gasteiger partial charge is 0.308 e. The molecule has 0 spiro atoms. The Hall–Kier alpha value is -4.08. The molecule has 3 rings (SSSR count). The van der Waals surface area contributed by atoms with Crippen molar-refractivity contribution in [2.24, 2.45) is 0 Å². The Morgan fingerprint density at radius 2 is 1.42 bits per heavy atom. The minimum atomic E-state index is -0.880. The summed E-state index contributed by atoms with van der Waals surface area (Å²) in [4.78, 5) is 46.2. The number of carbonyl (C=O) groups is 4. The lowest BCUT2D eigenvalue weighted by Gasteiger charge is -2.34. The summed E-state index contributed by atoms with van der Waals surface area (Å²) in [5.41, 5.74) is 0.874. The number of carbonyl (C=O) groups excluding carboxylic acids is 4. The van der Waals surface area contributed by atoms with Gasteiger partial charge in [0.15, 0.2) is 17.6 Å². The molecule has 0 bridgehead atoms. The number of phenols is 1. The van der Waals surface area contributed by atoms with Crippen LogP contribution in [0.3, 0.4) is 0 Å². The Balaban J connectivity index is 2.07. The van der Waals surface area contributed by atoms with E-state index in [0.717, 1.165) is 0 Å². The summed E-state index contributed by atoms with van der Waals surface area (Å²) < 4.78 is 26.9. The second-order valence-electron chi connectivity index (χ2n) is 7.30. The van der Waals surface area contributed by atoms with Crippen LogP contribution in [0.2, 0.25) is 0 Å². The van der Waals surface area contributed by atoms with Gasteiger partial charge in [-0.05, 0) is 12.1 Å². The number of phenolic OH excluding ortho intramolecular Hbond substituents is 1. The molecule has 33 heavy (non-hydrogen) atoms. The van der Waals surface area contributed by atoms with Crippen molar-refractivity contribution < 1.29 is 48.0 Å². The predicted octanol–water partition coefficient (Wildman–Crippen LogP) is 2.78. The highest BCUT2D eigenvalue weighted by atomic mass is 16.6. The van der Waals surface area contributed by atoms with Crippen LogP contribution in [0.25, 0.3) is 0 Å². The van der Waals surface area contributed by atoms with E-state index in [1.54, 1.807) is 6.07 Å². The molecule has 1 aliphatic rings. The number of aromatic hydroxyl groups is 1. The molecule has 2 aromatic carbocycles. The maximum Gasteiger partial charge on any atom is 0.308 e. The average Bonchev–Trinajstić information content (AvgIpc) is 2.67. The molecule has 0 unspecified atom stereocenters. The molecule has 0 amide bonds. The number of benzene rings is 2. The zero-order valence-corrected chi connectivity index (χ0v) is 18.4. The van der Waals surface area contributed by atoms with Gasteiger partial charge in [-0.2, -0.15) is 0 Å². The standard InChI is InChI=1S/C23H22O10/c1-11(24)29-18-6-5-15(7-21(18)31-13(3)26)23-22(32-14(4)27)10-17-19(30-12(2)25)8-16(28)9-20(17)33-23/h5-9,22-23,28H,10H2,1-4H3/t22-,23-/m1/s1. The van der Waals surface area contributed by atoms with Gasteiger partial charge < -0.3 is 28.8 Å². The molecule has 1 N–H and O–H groups in total. The lowest BCUT2D eigenvalue weighted by atomic mass is 9.93. The topological polar surface area (TPSA) is 135 Å². The third-order valence-corrected chi connectivity index (χ3v) is 4.52. The molecule has 174 valence electrons. The second kappa shape index (κ2) is 9.60. The van der Waals surface area contributed by atoms with E-state index in [0.29, 0.717) is 11.1 Å². The van der Waals surface area contributed by atoms with E-state index in [9.17, 15) is 24.3 Å². The minimum Gasteiger partial charge on any atom is -0.508 e. The van der Waals surface area contributed by atoms with Crippen molar-refractivity contribution in [2.75, 3.05) is 0 Å². The van der Waals surface area contributed by atoms with Gasteiger partial charge in [-0.15, -0.1) is 0 Å². The molecule has 2 atom stereocenters. The molecule has 0 aliphatic carbocycles. The first-order valence-electron chi connectivity index (χ1n) is 9.92. The van der Waals surface area contributed by atoms with E-state index in [2.05, 4.69) is 0 Å². The molecule has 0 saturated heterocycles. The maximum absolute atomic E-state index is 11.8. The summed E-state index contributed by atoms with van der Waals surface area (Å²) in [5, 5.41) is 10.1. The van der Waals surface area contributed by atoms with Gasteiger partial charge in [-0.25, -0.2) is 0 Å². The average molecular weight is 458 g/mol. The Morgan fingerprint density at radius 3 is 2.03 bits per heavy atom. The maximum atomic E-state index is 11.8. The van der Waals surface area contributed by atoms with E-state index >= 15 is 0 Å². The first kappa shape index (κ1) is 23.6. The SMILES string of the molecule is CC(=O)Oc1ccc([C@H]2Oc3cc(O)cc(OC(C)=O)c3C[C@H]2OC(C)=O)cc1OC(C)=O. The van der Waals surface area contributed by atoms with Crippen LogP contribution in [0.5, 0.6) is 28.7 Å². The molecule has 10 nitrogen and oxygen atoms in total. The Kier molecular flexibility index (Phi) is 6.86. The van der Waals surface area contributed by atoms with Gasteiger partial charge in [-0.3, -0.25) is 19.2 Å². The third kappa shape index (κ3) is 5.79. The van der Waals surface area contributed by atoms with Gasteiger partial charge in [0.05, 0.1) is 0 Å². The number of hydrogen-bond acceptors (Lipinski definition) is 10. The summed E-state index contributed by atoms with van der Waals surface area (Å²) in [6.45, 7) is 4.85. The van der Waals surface area contributed by atoms with Crippen molar-refractivity contribution >= 4 is 23.9 Å². The highest BCUT2D eigenvalue weighted by Crippen LogP contribution is 2.44. The van der Waals surface area contributed by atoms with Crippen LogP contribution in [-0.2, 0) is 30.3 Å². The Morgan fingerprint density at radius 1 is 0.818 bits per heavy atom. The Labute approximate surface area is 189 Å². The van der Waals surface area contributed by atoms with Crippen molar-refractivity contribution in [3.8, 4) is 28.7 Å². The first-order chi connectivity index (χ1) is 15.5. The van der Waals surface area contributed by atoms with Crippen molar-refractivity contribution in [1.82, 2.24) is 0 Å². The molecular formula is C23H22O10. The predicted molar refractivity (Wildman–Crippen MR) is 111 cm³/mol. The van der Waals surface area contributed by atoms with E-state index in [1.807, 2.05) is 0 Å². The van der Waals surface area contributed by atoms with Crippen molar-refractivity contribution in [3.63, 3.8) is 0 Å². The van der Waals surface area contributed by atoms with Crippen LogP contribution in [0.15, 0.2) is 30.3 Å². The summed E-state index contributed by atoms with van der Waals surface area (Å²) in [6, 6.07) is 7.03.